The smallest absolute Gasteiger partial charge is 0.268 e. The van der Waals surface area contributed by atoms with E-state index in [0.29, 0.717) is 17.4 Å². The predicted octanol–water partition coefficient (Wildman–Crippen LogP) is 15.1. The molecule has 8 nitrogen and oxygen atoms in total. The van der Waals surface area contributed by atoms with Gasteiger partial charge < -0.3 is 28.8 Å². The van der Waals surface area contributed by atoms with Gasteiger partial charge in [-0.2, -0.15) is 0 Å². The lowest BCUT2D eigenvalue weighted by molar-refractivity contribution is -0.870. The Morgan fingerprint density at radius 1 is 0.547 bits per heavy atom. The summed E-state index contributed by atoms with van der Waals surface area (Å²) in [4.78, 5) is 25.3. The zero-order chi connectivity index (χ0) is 47.1. The number of amides is 1. The van der Waals surface area contributed by atoms with Crippen LogP contribution in [0.4, 0.5) is 0 Å². The zero-order valence-corrected chi connectivity index (χ0v) is 43.4. The molecule has 0 fully saturated rings. The number of rotatable bonds is 48. The van der Waals surface area contributed by atoms with Crippen LogP contribution in [0.5, 0.6) is 0 Å². The van der Waals surface area contributed by atoms with Crippen molar-refractivity contribution in [3.63, 3.8) is 0 Å². The monoisotopic (exact) mass is 919 g/mol. The van der Waals surface area contributed by atoms with Crippen LogP contribution in [-0.4, -0.2) is 68.5 Å². The maximum Gasteiger partial charge on any atom is 0.268 e. The Morgan fingerprint density at radius 3 is 1.41 bits per heavy atom. The lowest BCUT2D eigenvalue weighted by atomic mass is 10.0. The number of aliphatic hydroxyl groups is 1. The van der Waals surface area contributed by atoms with Crippen molar-refractivity contribution in [2.75, 3.05) is 40.9 Å². The van der Waals surface area contributed by atoms with E-state index in [1.165, 1.54) is 154 Å². The lowest BCUT2D eigenvalue weighted by Crippen LogP contribution is -2.45. The Morgan fingerprint density at radius 2 is 0.953 bits per heavy atom. The van der Waals surface area contributed by atoms with E-state index in [1.807, 2.05) is 27.2 Å². The Bertz CT molecular complexity index is 1230. The van der Waals surface area contributed by atoms with Gasteiger partial charge in [-0.15, -0.1) is 0 Å². The van der Waals surface area contributed by atoms with E-state index in [0.717, 1.165) is 57.8 Å². The topological polar surface area (TPSA) is 108 Å². The maximum absolute atomic E-state index is 12.9. The number of carbonyl (C=O) groups is 1. The minimum Gasteiger partial charge on any atom is -0.756 e. The minimum absolute atomic E-state index is 0.0105. The molecule has 0 aromatic rings. The number of phosphoric ester groups is 1. The first-order valence-electron chi connectivity index (χ1n) is 26.7. The summed E-state index contributed by atoms with van der Waals surface area (Å²) in [5.41, 5.74) is 0. The van der Waals surface area contributed by atoms with Gasteiger partial charge in [0.2, 0.25) is 5.91 Å². The van der Waals surface area contributed by atoms with Crippen molar-refractivity contribution in [3.05, 3.63) is 60.8 Å². The number of hydrogen-bond acceptors (Lipinski definition) is 6. The molecule has 3 atom stereocenters. The minimum atomic E-state index is -4.60. The molecule has 374 valence electrons. The van der Waals surface area contributed by atoms with Gasteiger partial charge in [-0.1, -0.05) is 216 Å². The van der Waals surface area contributed by atoms with Gasteiger partial charge in [0.05, 0.1) is 39.9 Å². The number of aliphatic hydroxyl groups excluding tert-OH is 1. The highest BCUT2D eigenvalue weighted by atomic mass is 31.2. The fraction of sp³-hybridized carbons (Fsp3) is 0.800. The van der Waals surface area contributed by atoms with E-state index in [4.69, 9.17) is 9.05 Å². The molecule has 0 saturated heterocycles. The molecule has 0 rings (SSSR count). The quantitative estimate of drug-likeness (QED) is 0.0272. The van der Waals surface area contributed by atoms with Crippen LogP contribution in [0.2, 0.25) is 0 Å². The van der Waals surface area contributed by atoms with Gasteiger partial charge in [0.1, 0.15) is 13.2 Å². The molecule has 1 amide bonds. The summed E-state index contributed by atoms with van der Waals surface area (Å²) in [6.07, 6.45) is 61.7. The Labute approximate surface area is 396 Å². The molecular weight excluding hydrogens is 816 g/mol. The Hall–Kier alpha value is -1.80. The van der Waals surface area contributed by atoms with Crippen LogP contribution in [0.15, 0.2) is 60.8 Å². The van der Waals surface area contributed by atoms with Crippen molar-refractivity contribution in [3.8, 4) is 0 Å². The first-order chi connectivity index (χ1) is 31.0. The van der Waals surface area contributed by atoms with E-state index >= 15 is 0 Å². The molecule has 64 heavy (non-hydrogen) atoms. The van der Waals surface area contributed by atoms with Gasteiger partial charge >= 0.3 is 0 Å². The first kappa shape index (κ1) is 62.2. The van der Waals surface area contributed by atoms with Gasteiger partial charge in [-0.05, 0) is 70.6 Å². The van der Waals surface area contributed by atoms with E-state index in [2.05, 4.69) is 67.8 Å². The molecule has 0 spiro atoms. The molecular formula is C55H103N2O6P. The predicted molar refractivity (Wildman–Crippen MR) is 274 cm³/mol. The van der Waals surface area contributed by atoms with E-state index in [1.54, 1.807) is 6.08 Å². The highest BCUT2D eigenvalue weighted by Gasteiger charge is 2.23. The molecule has 0 radical (unpaired) electrons. The van der Waals surface area contributed by atoms with Gasteiger partial charge in [0.25, 0.3) is 7.82 Å². The van der Waals surface area contributed by atoms with Crippen molar-refractivity contribution in [1.29, 1.82) is 0 Å². The van der Waals surface area contributed by atoms with Crippen LogP contribution >= 0.6 is 7.82 Å². The van der Waals surface area contributed by atoms with Crippen molar-refractivity contribution in [2.45, 2.75) is 244 Å². The summed E-state index contributed by atoms with van der Waals surface area (Å²) in [5, 5.41) is 13.7. The number of unbranched alkanes of at least 4 members (excludes halogenated alkanes) is 27. The standard InChI is InChI=1S/C55H103N2O6P/c1-6-8-10-12-14-16-18-19-20-21-22-23-24-25-26-27-28-29-30-31-32-33-34-35-36-37-39-41-43-45-47-49-55(59)56-53(52-63-64(60,61)62-51-50-57(3,4)5)54(58)48-46-44-42-40-38-17-15-13-11-9-7-2/h11,13,22-23,25-26,38,40,46,48,53-54,58H,6-10,12,14-21,24,27-37,39,41-45,47,49-52H2,1-5H3,(H-,56,59,60,61)/b13-11+,23-22-,26-25-,40-38+,48-46+. The molecule has 9 heteroatoms. The number of allylic oxidation sites excluding steroid dienone is 9. The highest BCUT2D eigenvalue weighted by molar-refractivity contribution is 7.45. The third-order valence-electron chi connectivity index (χ3n) is 11.7. The lowest BCUT2D eigenvalue weighted by Gasteiger charge is -2.29. The molecule has 0 aliphatic heterocycles. The summed E-state index contributed by atoms with van der Waals surface area (Å²) in [5.74, 6) is -0.214. The number of hydrogen-bond donors (Lipinski definition) is 2. The largest absolute Gasteiger partial charge is 0.756 e. The zero-order valence-electron chi connectivity index (χ0n) is 42.5. The van der Waals surface area contributed by atoms with Crippen LogP contribution in [-0.2, 0) is 18.4 Å². The van der Waals surface area contributed by atoms with E-state index in [9.17, 15) is 19.4 Å². The van der Waals surface area contributed by atoms with Crippen LogP contribution in [0.1, 0.15) is 232 Å². The number of quaternary nitrogens is 1. The second kappa shape index (κ2) is 46.3. The summed E-state index contributed by atoms with van der Waals surface area (Å²) in [6.45, 7) is 4.54. The average molecular weight is 919 g/mol. The van der Waals surface area contributed by atoms with Crippen LogP contribution in [0.3, 0.4) is 0 Å². The second-order valence-corrected chi connectivity index (χ2v) is 20.6. The summed E-state index contributed by atoms with van der Waals surface area (Å²) in [7, 11) is 1.23. The number of carbonyl (C=O) groups excluding carboxylic acids is 1. The van der Waals surface area contributed by atoms with Crippen molar-refractivity contribution >= 4 is 13.7 Å². The highest BCUT2D eigenvalue weighted by Crippen LogP contribution is 2.38. The molecule has 2 N–H and O–H groups in total. The number of nitrogens with zero attached hydrogens (tertiary/aromatic N) is 1. The Balaban J connectivity index is 4.06. The van der Waals surface area contributed by atoms with Crippen LogP contribution < -0.4 is 10.2 Å². The van der Waals surface area contributed by atoms with Crippen LogP contribution in [0, 0.1) is 0 Å². The summed E-state index contributed by atoms with van der Waals surface area (Å²) in [6, 6.07) is -0.909. The van der Waals surface area contributed by atoms with Gasteiger partial charge in [0, 0.05) is 6.42 Å². The van der Waals surface area contributed by atoms with Gasteiger partial charge in [-0.3, -0.25) is 9.36 Å². The molecule has 0 saturated carbocycles. The van der Waals surface area contributed by atoms with Crippen molar-refractivity contribution < 1.29 is 32.9 Å². The molecule has 0 aliphatic carbocycles. The third kappa shape index (κ3) is 48.1. The molecule has 3 unspecified atom stereocenters. The van der Waals surface area contributed by atoms with Crippen LogP contribution in [0.25, 0.3) is 0 Å². The molecule has 0 aliphatic rings. The summed E-state index contributed by atoms with van der Waals surface area (Å²) < 4.78 is 23.2. The fourth-order valence-electron chi connectivity index (χ4n) is 7.46. The number of likely N-dealkylation sites (N-methyl/N-ethyl adjacent to an activating group) is 1. The first-order valence-corrected chi connectivity index (χ1v) is 28.1. The molecule has 0 bridgehead atoms. The van der Waals surface area contributed by atoms with E-state index < -0.39 is 26.6 Å². The molecule has 0 heterocycles. The Kier molecular flexibility index (Phi) is 45.0. The van der Waals surface area contributed by atoms with E-state index in [-0.39, 0.29) is 12.5 Å². The maximum atomic E-state index is 12.9. The second-order valence-electron chi connectivity index (χ2n) is 19.2. The normalized spacial score (nSPS) is 14.5. The van der Waals surface area contributed by atoms with Crippen molar-refractivity contribution in [1.82, 2.24) is 5.32 Å². The SMILES string of the molecule is CCC/C=C/CC/C=C/CC/C=C/C(O)C(COP(=O)([O-])OCC[N+](C)(C)C)NC(=O)CCCCCCCCCCCCCCCCC/C=C\C/C=C\CCCCCCCCCCC. The van der Waals surface area contributed by atoms with Crippen molar-refractivity contribution in [2.24, 2.45) is 0 Å². The fourth-order valence-corrected chi connectivity index (χ4v) is 8.18. The average Bonchev–Trinajstić information content (AvgIpc) is 3.25. The third-order valence-corrected chi connectivity index (χ3v) is 12.6. The number of nitrogens with one attached hydrogen (secondary N) is 1. The molecule has 0 aromatic carbocycles. The summed E-state index contributed by atoms with van der Waals surface area (Å²) >= 11 is 0. The van der Waals surface area contributed by atoms with Gasteiger partial charge in [-0.25, -0.2) is 0 Å². The van der Waals surface area contributed by atoms with Gasteiger partial charge in [0.15, 0.2) is 0 Å². The number of phosphoric acid groups is 1. The molecule has 0 aromatic heterocycles.